The van der Waals surface area contributed by atoms with Crippen LogP contribution in [0.25, 0.3) is 11.5 Å². The van der Waals surface area contributed by atoms with E-state index in [0.29, 0.717) is 11.7 Å². The summed E-state index contributed by atoms with van der Waals surface area (Å²) in [5.74, 6) is 0.664. The van der Waals surface area contributed by atoms with Gasteiger partial charge in [-0.15, -0.1) is 10.2 Å². The lowest BCUT2D eigenvalue weighted by molar-refractivity contribution is -0.130. The van der Waals surface area contributed by atoms with E-state index in [-0.39, 0.29) is 29.3 Å². The molecular formula is C13H16N4O4S. The molecule has 0 aromatic carbocycles. The summed E-state index contributed by atoms with van der Waals surface area (Å²) in [7, 11) is 3.25. The number of aryl methyl sites for hydroxylation is 1. The predicted octanol–water partition coefficient (Wildman–Crippen LogP) is 0.935. The van der Waals surface area contributed by atoms with Crippen molar-refractivity contribution in [3.8, 4) is 11.5 Å². The Hall–Kier alpha value is -2.29. The van der Waals surface area contributed by atoms with Gasteiger partial charge < -0.3 is 19.1 Å². The molecule has 0 bridgehead atoms. The normalized spacial score (nSPS) is 10.5. The fourth-order valence-electron chi connectivity index (χ4n) is 1.49. The second-order valence-corrected chi connectivity index (χ2v) is 5.54. The molecule has 0 spiro atoms. The van der Waals surface area contributed by atoms with Crippen LogP contribution < -0.4 is 5.32 Å². The zero-order valence-corrected chi connectivity index (χ0v) is 13.3. The minimum absolute atomic E-state index is 0.0321. The highest BCUT2D eigenvalue weighted by Gasteiger charge is 2.14. The van der Waals surface area contributed by atoms with E-state index in [1.807, 2.05) is 0 Å². The first-order chi connectivity index (χ1) is 10.5. The summed E-state index contributed by atoms with van der Waals surface area (Å²) in [6.07, 6.45) is 1.54. The van der Waals surface area contributed by atoms with Gasteiger partial charge in [0.15, 0.2) is 0 Å². The van der Waals surface area contributed by atoms with Crippen LogP contribution in [0, 0.1) is 6.92 Å². The van der Waals surface area contributed by atoms with E-state index in [4.69, 9.17) is 8.83 Å². The molecular weight excluding hydrogens is 308 g/mol. The standard InChI is InChI=1S/C13H16N4O4S/c1-8-9(4-5-20-8)12-15-16-13(21-12)22-7-10(18)14-6-11(19)17(2)3/h4-5H,6-7H2,1-3H3,(H,14,18). The number of amides is 2. The predicted molar refractivity (Wildman–Crippen MR) is 79.2 cm³/mol. The van der Waals surface area contributed by atoms with Crippen LogP contribution in [-0.2, 0) is 9.59 Å². The van der Waals surface area contributed by atoms with E-state index in [2.05, 4.69) is 15.5 Å². The summed E-state index contributed by atoms with van der Waals surface area (Å²) in [5, 5.41) is 10.6. The molecule has 0 atom stereocenters. The highest BCUT2D eigenvalue weighted by Crippen LogP contribution is 2.25. The third-order valence-electron chi connectivity index (χ3n) is 2.76. The number of furan rings is 1. The van der Waals surface area contributed by atoms with Crippen molar-refractivity contribution >= 4 is 23.6 Å². The van der Waals surface area contributed by atoms with Crippen LogP contribution in [0.5, 0.6) is 0 Å². The van der Waals surface area contributed by atoms with Crippen LogP contribution in [-0.4, -0.2) is 53.3 Å². The van der Waals surface area contributed by atoms with Gasteiger partial charge in [0, 0.05) is 14.1 Å². The molecule has 9 heteroatoms. The van der Waals surface area contributed by atoms with Gasteiger partial charge in [0.25, 0.3) is 11.1 Å². The molecule has 118 valence electrons. The van der Waals surface area contributed by atoms with E-state index >= 15 is 0 Å². The molecule has 0 aliphatic carbocycles. The Morgan fingerprint density at radius 1 is 1.36 bits per heavy atom. The summed E-state index contributed by atoms with van der Waals surface area (Å²) in [6.45, 7) is 1.76. The van der Waals surface area contributed by atoms with Crippen LogP contribution in [0.2, 0.25) is 0 Å². The molecule has 1 N–H and O–H groups in total. The number of carbonyl (C=O) groups excluding carboxylic acids is 2. The molecule has 2 rings (SSSR count). The van der Waals surface area contributed by atoms with Gasteiger partial charge in [0.05, 0.1) is 24.1 Å². The Bertz CT molecular complexity index is 665. The molecule has 0 aliphatic heterocycles. The third-order valence-corrected chi connectivity index (χ3v) is 3.58. The van der Waals surface area contributed by atoms with Crippen LogP contribution >= 0.6 is 11.8 Å². The Balaban J connectivity index is 1.83. The topological polar surface area (TPSA) is 101 Å². The van der Waals surface area contributed by atoms with Gasteiger partial charge in [0.1, 0.15) is 5.76 Å². The van der Waals surface area contributed by atoms with Crippen molar-refractivity contribution in [1.82, 2.24) is 20.4 Å². The van der Waals surface area contributed by atoms with Gasteiger partial charge in [-0.2, -0.15) is 0 Å². The highest BCUT2D eigenvalue weighted by molar-refractivity contribution is 7.99. The zero-order chi connectivity index (χ0) is 16.1. The Labute approximate surface area is 131 Å². The Morgan fingerprint density at radius 2 is 2.14 bits per heavy atom. The second kappa shape index (κ2) is 7.12. The Morgan fingerprint density at radius 3 is 2.77 bits per heavy atom. The SMILES string of the molecule is Cc1occc1-c1nnc(SCC(=O)NCC(=O)N(C)C)o1. The second-order valence-electron chi connectivity index (χ2n) is 4.62. The molecule has 0 fully saturated rings. The summed E-state index contributed by atoms with van der Waals surface area (Å²) in [6, 6.07) is 1.73. The van der Waals surface area contributed by atoms with E-state index in [0.717, 1.165) is 17.3 Å². The molecule has 0 saturated carbocycles. The number of likely N-dealkylation sites (N-methyl/N-ethyl adjacent to an activating group) is 1. The first kappa shape index (κ1) is 16.1. The number of carbonyl (C=O) groups is 2. The molecule has 0 saturated heterocycles. The van der Waals surface area contributed by atoms with Gasteiger partial charge in [-0.25, -0.2) is 0 Å². The smallest absolute Gasteiger partial charge is 0.277 e. The summed E-state index contributed by atoms with van der Waals surface area (Å²) >= 11 is 1.10. The van der Waals surface area contributed by atoms with Crippen molar-refractivity contribution in [2.75, 3.05) is 26.4 Å². The summed E-state index contributed by atoms with van der Waals surface area (Å²) < 4.78 is 10.6. The molecule has 2 heterocycles. The first-order valence-electron chi connectivity index (χ1n) is 6.45. The van der Waals surface area contributed by atoms with Crippen molar-refractivity contribution in [1.29, 1.82) is 0 Å². The van der Waals surface area contributed by atoms with Crippen molar-refractivity contribution in [3.05, 3.63) is 18.1 Å². The maximum atomic E-state index is 11.6. The Kier molecular flexibility index (Phi) is 5.21. The molecule has 2 amide bonds. The van der Waals surface area contributed by atoms with Crippen LogP contribution in [0.1, 0.15) is 5.76 Å². The quantitative estimate of drug-likeness (QED) is 0.789. The van der Waals surface area contributed by atoms with Gasteiger partial charge in [-0.1, -0.05) is 11.8 Å². The summed E-state index contributed by atoms with van der Waals surface area (Å²) in [4.78, 5) is 24.4. The summed E-state index contributed by atoms with van der Waals surface area (Å²) in [5.41, 5.74) is 0.723. The maximum Gasteiger partial charge on any atom is 0.277 e. The average Bonchev–Trinajstić information content (AvgIpc) is 3.10. The average molecular weight is 324 g/mol. The lowest BCUT2D eigenvalue weighted by Crippen LogP contribution is -2.36. The highest BCUT2D eigenvalue weighted by atomic mass is 32.2. The number of hydrogen-bond donors (Lipinski definition) is 1. The minimum atomic E-state index is -0.278. The first-order valence-corrected chi connectivity index (χ1v) is 7.43. The molecule has 2 aromatic heterocycles. The number of aromatic nitrogens is 2. The van der Waals surface area contributed by atoms with Gasteiger partial charge >= 0.3 is 0 Å². The van der Waals surface area contributed by atoms with Crippen molar-refractivity contribution in [3.63, 3.8) is 0 Å². The zero-order valence-electron chi connectivity index (χ0n) is 12.5. The van der Waals surface area contributed by atoms with Crippen LogP contribution in [0.3, 0.4) is 0 Å². The van der Waals surface area contributed by atoms with E-state index in [1.54, 1.807) is 27.1 Å². The molecule has 0 unspecified atom stereocenters. The lowest BCUT2D eigenvalue weighted by Gasteiger charge is -2.10. The maximum absolute atomic E-state index is 11.6. The lowest BCUT2D eigenvalue weighted by atomic mass is 10.3. The largest absolute Gasteiger partial charge is 0.469 e. The molecule has 22 heavy (non-hydrogen) atoms. The van der Waals surface area contributed by atoms with Crippen LogP contribution in [0.4, 0.5) is 0 Å². The van der Waals surface area contributed by atoms with Gasteiger partial charge in [0.2, 0.25) is 11.8 Å². The fraction of sp³-hybridized carbons (Fsp3) is 0.385. The van der Waals surface area contributed by atoms with Gasteiger partial charge in [-0.05, 0) is 13.0 Å². The molecule has 0 radical (unpaired) electrons. The van der Waals surface area contributed by atoms with Gasteiger partial charge in [-0.3, -0.25) is 9.59 Å². The van der Waals surface area contributed by atoms with Crippen molar-refractivity contribution < 1.29 is 18.4 Å². The molecule has 2 aromatic rings. The van der Waals surface area contributed by atoms with E-state index < -0.39 is 0 Å². The minimum Gasteiger partial charge on any atom is -0.469 e. The molecule has 8 nitrogen and oxygen atoms in total. The fourth-order valence-corrected chi connectivity index (χ4v) is 2.09. The number of nitrogens with zero attached hydrogens (tertiary/aromatic N) is 3. The van der Waals surface area contributed by atoms with Crippen molar-refractivity contribution in [2.24, 2.45) is 0 Å². The number of nitrogens with one attached hydrogen (secondary N) is 1. The van der Waals surface area contributed by atoms with Crippen molar-refractivity contribution in [2.45, 2.75) is 12.1 Å². The molecule has 0 aliphatic rings. The van der Waals surface area contributed by atoms with E-state index in [1.165, 1.54) is 11.2 Å². The van der Waals surface area contributed by atoms with E-state index in [9.17, 15) is 9.59 Å². The van der Waals surface area contributed by atoms with Crippen LogP contribution in [0.15, 0.2) is 26.4 Å². The monoisotopic (exact) mass is 324 g/mol. The number of rotatable bonds is 6. The third kappa shape index (κ3) is 4.10. The number of thioether (sulfide) groups is 1. The number of hydrogen-bond acceptors (Lipinski definition) is 7.